The van der Waals surface area contributed by atoms with Gasteiger partial charge >= 0.3 is 0 Å². The third kappa shape index (κ3) is 4.46. The lowest BCUT2D eigenvalue weighted by Gasteiger charge is -2.20. The predicted molar refractivity (Wildman–Crippen MR) is 95.5 cm³/mol. The molecule has 0 heterocycles. The first-order chi connectivity index (χ1) is 10.0. The summed E-state index contributed by atoms with van der Waals surface area (Å²) in [5.74, 6) is 0. The summed E-state index contributed by atoms with van der Waals surface area (Å²) in [5.41, 5.74) is 3.41. The molecule has 0 spiro atoms. The first kappa shape index (κ1) is 16.8. The molecule has 2 aromatic carbocycles. The number of benzene rings is 2. The van der Waals surface area contributed by atoms with E-state index in [2.05, 4.69) is 46.4 Å². The van der Waals surface area contributed by atoms with E-state index in [-0.39, 0.29) is 6.04 Å². The molecule has 4 heteroatoms. The molecule has 0 aliphatic carbocycles. The zero-order chi connectivity index (χ0) is 15.4. The molecule has 21 heavy (non-hydrogen) atoms. The maximum absolute atomic E-state index is 6.33. The van der Waals surface area contributed by atoms with Crippen LogP contribution in [-0.2, 0) is 6.42 Å². The number of aryl methyl sites for hydroxylation is 1. The van der Waals surface area contributed by atoms with Crippen LogP contribution in [0.1, 0.15) is 29.7 Å². The van der Waals surface area contributed by atoms with E-state index in [1.807, 2.05) is 25.1 Å². The van der Waals surface area contributed by atoms with Crippen molar-refractivity contribution >= 4 is 39.1 Å². The van der Waals surface area contributed by atoms with Crippen molar-refractivity contribution in [2.24, 2.45) is 0 Å². The molecule has 2 rings (SSSR count). The van der Waals surface area contributed by atoms with Gasteiger partial charge in [-0.25, -0.2) is 0 Å². The van der Waals surface area contributed by atoms with Crippen molar-refractivity contribution in [2.75, 3.05) is 6.54 Å². The fourth-order valence-electron chi connectivity index (χ4n) is 2.29. The molecular weight excluding hydrogens is 369 g/mol. The van der Waals surface area contributed by atoms with E-state index in [4.69, 9.17) is 23.2 Å². The normalized spacial score (nSPS) is 12.4. The molecule has 0 saturated heterocycles. The van der Waals surface area contributed by atoms with Gasteiger partial charge in [0.25, 0.3) is 0 Å². The molecule has 112 valence electrons. The molecule has 0 radical (unpaired) electrons. The lowest BCUT2D eigenvalue weighted by atomic mass is 9.98. The van der Waals surface area contributed by atoms with Crippen LogP contribution in [0.4, 0.5) is 0 Å². The fraction of sp³-hybridized carbons (Fsp3) is 0.294. The maximum atomic E-state index is 6.33. The van der Waals surface area contributed by atoms with Crippen LogP contribution >= 0.6 is 39.1 Å². The van der Waals surface area contributed by atoms with E-state index in [1.54, 1.807) is 0 Å². The number of rotatable bonds is 5. The Morgan fingerprint density at radius 2 is 1.86 bits per heavy atom. The van der Waals surface area contributed by atoms with E-state index in [1.165, 1.54) is 5.56 Å². The molecule has 0 saturated carbocycles. The largest absolute Gasteiger partial charge is 0.310 e. The Bertz CT molecular complexity index is 628. The summed E-state index contributed by atoms with van der Waals surface area (Å²) in [7, 11) is 0. The molecule has 0 amide bonds. The highest BCUT2D eigenvalue weighted by atomic mass is 79.9. The van der Waals surface area contributed by atoms with E-state index < -0.39 is 0 Å². The van der Waals surface area contributed by atoms with Gasteiger partial charge in [-0.3, -0.25) is 0 Å². The van der Waals surface area contributed by atoms with Gasteiger partial charge in [-0.05, 0) is 54.8 Å². The second-order valence-corrected chi connectivity index (χ2v) is 6.79. The second kappa shape index (κ2) is 7.64. The molecule has 1 N–H and O–H groups in total. The van der Waals surface area contributed by atoms with Gasteiger partial charge in [-0.15, -0.1) is 0 Å². The first-order valence-electron chi connectivity index (χ1n) is 6.94. The number of hydrogen-bond acceptors (Lipinski definition) is 1. The van der Waals surface area contributed by atoms with Gasteiger partial charge in [-0.1, -0.05) is 64.3 Å². The number of likely N-dealkylation sites (N-methyl/N-ethyl adjacent to an activating group) is 1. The van der Waals surface area contributed by atoms with Crippen LogP contribution in [0.25, 0.3) is 0 Å². The summed E-state index contributed by atoms with van der Waals surface area (Å²) < 4.78 is 0.995. The van der Waals surface area contributed by atoms with E-state index >= 15 is 0 Å². The van der Waals surface area contributed by atoms with Gasteiger partial charge in [-0.2, -0.15) is 0 Å². The van der Waals surface area contributed by atoms with Gasteiger partial charge in [0.15, 0.2) is 0 Å². The molecule has 1 unspecified atom stereocenters. The SMILES string of the molecule is CCNC(Cc1ccc(Br)cc1Cl)c1ccc(C)c(Cl)c1. The summed E-state index contributed by atoms with van der Waals surface area (Å²) >= 11 is 16.0. The van der Waals surface area contributed by atoms with Gasteiger partial charge in [0, 0.05) is 20.6 Å². The zero-order valence-corrected chi connectivity index (χ0v) is 15.2. The quantitative estimate of drug-likeness (QED) is 0.668. The monoisotopic (exact) mass is 385 g/mol. The van der Waals surface area contributed by atoms with Crippen LogP contribution in [0.15, 0.2) is 40.9 Å². The summed E-state index contributed by atoms with van der Waals surface area (Å²) in [6.07, 6.45) is 0.833. The average Bonchev–Trinajstić information content (AvgIpc) is 2.44. The average molecular weight is 387 g/mol. The van der Waals surface area contributed by atoms with Crippen molar-refractivity contribution in [2.45, 2.75) is 26.3 Å². The third-order valence-corrected chi connectivity index (χ3v) is 4.74. The van der Waals surface area contributed by atoms with Gasteiger partial charge in [0.1, 0.15) is 0 Å². The minimum atomic E-state index is 0.201. The van der Waals surface area contributed by atoms with Crippen LogP contribution < -0.4 is 5.32 Å². The molecule has 1 atom stereocenters. The molecule has 2 aromatic rings. The smallest absolute Gasteiger partial charge is 0.0449 e. The Morgan fingerprint density at radius 1 is 1.10 bits per heavy atom. The van der Waals surface area contributed by atoms with Gasteiger partial charge in [0.2, 0.25) is 0 Å². The highest BCUT2D eigenvalue weighted by molar-refractivity contribution is 9.10. The lowest BCUT2D eigenvalue weighted by Crippen LogP contribution is -2.23. The van der Waals surface area contributed by atoms with Crippen molar-refractivity contribution < 1.29 is 0 Å². The van der Waals surface area contributed by atoms with E-state index in [0.717, 1.165) is 38.6 Å². The Morgan fingerprint density at radius 3 is 2.48 bits per heavy atom. The summed E-state index contributed by atoms with van der Waals surface area (Å²) in [6, 6.07) is 12.4. The van der Waals surface area contributed by atoms with E-state index in [0.29, 0.717) is 0 Å². The fourth-order valence-corrected chi connectivity index (χ4v) is 3.23. The van der Waals surface area contributed by atoms with Crippen molar-refractivity contribution in [1.29, 1.82) is 0 Å². The Balaban J connectivity index is 2.28. The van der Waals surface area contributed by atoms with Crippen molar-refractivity contribution in [3.8, 4) is 0 Å². The standard InChI is InChI=1S/C17H18BrCl2N/c1-3-21-17(13-5-4-11(2)15(19)8-13)9-12-6-7-14(18)10-16(12)20/h4-8,10,17,21H,3,9H2,1-2H3. The van der Waals surface area contributed by atoms with Crippen molar-refractivity contribution in [3.63, 3.8) is 0 Å². The van der Waals surface area contributed by atoms with Crippen LogP contribution in [0.2, 0.25) is 10.0 Å². The van der Waals surface area contributed by atoms with Crippen LogP contribution in [0, 0.1) is 6.92 Å². The summed E-state index contributed by atoms with van der Waals surface area (Å²) in [5, 5.41) is 5.09. The Hall–Kier alpha value is -0.540. The molecule has 1 nitrogen and oxygen atoms in total. The highest BCUT2D eigenvalue weighted by Gasteiger charge is 2.14. The Kier molecular flexibility index (Phi) is 6.12. The number of halogens is 3. The minimum Gasteiger partial charge on any atom is -0.310 e. The number of nitrogens with one attached hydrogen (secondary N) is 1. The number of hydrogen-bond donors (Lipinski definition) is 1. The van der Waals surface area contributed by atoms with Gasteiger partial charge < -0.3 is 5.32 Å². The Labute approximate surface area is 144 Å². The molecule has 0 aliphatic heterocycles. The topological polar surface area (TPSA) is 12.0 Å². The third-order valence-electron chi connectivity index (χ3n) is 3.49. The van der Waals surface area contributed by atoms with Crippen LogP contribution in [0.5, 0.6) is 0 Å². The molecule has 0 fully saturated rings. The first-order valence-corrected chi connectivity index (χ1v) is 8.49. The highest BCUT2D eigenvalue weighted by Crippen LogP contribution is 2.28. The molecular formula is C17H18BrCl2N. The van der Waals surface area contributed by atoms with Crippen LogP contribution in [0.3, 0.4) is 0 Å². The predicted octanol–water partition coefficient (Wildman–Crippen LogP) is 5.96. The van der Waals surface area contributed by atoms with Gasteiger partial charge in [0.05, 0.1) is 0 Å². The zero-order valence-electron chi connectivity index (χ0n) is 12.1. The molecule has 0 aliphatic rings. The minimum absolute atomic E-state index is 0.201. The van der Waals surface area contributed by atoms with Crippen LogP contribution in [-0.4, -0.2) is 6.54 Å². The van der Waals surface area contributed by atoms with E-state index in [9.17, 15) is 0 Å². The summed E-state index contributed by atoms with van der Waals surface area (Å²) in [4.78, 5) is 0. The van der Waals surface area contributed by atoms with Crippen molar-refractivity contribution in [3.05, 3.63) is 67.6 Å². The molecule has 0 bridgehead atoms. The second-order valence-electron chi connectivity index (χ2n) is 5.06. The molecule has 0 aromatic heterocycles. The lowest BCUT2D eigenvalue weighted by molar-refractivity contribution is 0.550. The summed E-state index contributed by atoms with van der Waals surface area (Å²) in [6.45, 7) is 5.01. The van der Waals surface area contributed by atoms with Crippen molar-refractivity contribution in [1.82, 2.24) is 5.32 Å². The maximum Gasteiger partial charge on any atom is 0.0449 e.